The molecule has 0 bridgehead atoms. The van der Waals surface area contributed by atoms with Crippen LogP contribution in [0.4, 0.5) is 0 Å². The highest BCUT2D eigenvalue weighted by Gasteiger charge is 2.15. The zero-order valence-corrected chi connectivity index (χ0v) is 9.48. The monoisotopic (exact) mass is 206 g/mol. The first-order chi connectivity index (χ1) is 6.86. The maximum Gasteiger partial charge on any atom is 0.0296 e. The molecule has 0 aromatic carbocycles. The molecule has 0 amide bonds. The summed E-state index contributed by atoms with van der Waals surface area (Å²) in [4.78, 5) is 1.38. The summed E-state index contributed by atoms with van der Waals surface area (Å²) in [5.74, 6) is 0.915. The molecule has 1 saturated carbocycles. The molecule has 0 unspecified atom stereocenters. The van der Waals surface area contributed by atoms with Crippen molar-refractivity contribution in [3.8, 4) is 0 Å². The lowest BCUT2D eigenvalue weighted by Crippen LogP contribution is -2.06. The van der Waals surface area contributed by atoms with E-state index in [1.807, 2.05) is 11.3 Å². The zero-order chi connectivity index (χ0) is 9.80. The van der Waals surface area contributed by atoms with Gasteiger partial charge in [0.15, 0.2) is 0 Å². The van der Waals surface area contributed by atoms with Gasteiger partial charge < -0.3 is 0 Å². The largest absolute Gasteiger partial charge is 0.144 e. The molecule has 1 aliphatic rings. The fourth-order valence-electron chi connectivity index (χ4n) is 2.32. The lowest BCUT2D eigenvalue weighted by Gasteiger charge is -2.21. The number of hydrogen-bond acceptors (Lipinski definition) is 1. The topological polar surface area (TPSA) is 0 Å². The van der Waals surface area contributed by atoms with Gasteiger partial charge in [-0.1, -0.05) is 44.7 Å². The van der Waals surface area contributed by atoms with Gasteiger partial charge in [-0.05, 0) is 29.4 Å². The highest BCUT2D eigenvalue weighted by molar-refractivity contribution is 7.11. The average molecular weight is 206 g/mol. The third-order valence-corrected chi connectivity index (χ3v) is 4.10. The molecule has 0 nitrogen and oxygen atoms in total. The lowest BCUT2D eigenvalue weighted by molar-refractivity contribution is 0.365. The van der Waals surface area contributed by atoms with E-state index in [1.165, 1.54) is 49.0 Å². The van der Waals surface area contributed by atoms with E-state index in [1.54, 1.807) is 0 Å². The standard InChI is InChI=1S/C13H18S/c1-11(13-8-5-9-14-13)10-12-6-3-2-4-7-12/h5,8-9,12H,1-4,6-7,10H2. The van der Waals surface area contributed by atoms with E-state index in [4.69, 9.17) is 0 Å². The third kappa shape index (κ3) is 2.48. The molecular weight excluding hydrogens is 188 g/mol. The van der Waals surface area contributed by atoms with Gasteiger partial charge in [0, 0.05) is 4.88 Å². The van der Waals surface area contributed by atoms with Gasteiger partial charge in [-0.25, -0.2) is 0 Å². The van der Waals surface area contributed by atoms with Crippen molar-refractivity contribution in [1.82, 2.24) is 0 Å². The highest BCUT2D eigenvalue weighted by Crippen LogP contribution is 2.32. The second-order valence-corrected chi connectivity index (χ2v) is 5.24. The fraction of sp³-hybridized carbons (Fsp3) is 0.538. The average Bonchev–Trinajstić information content (AvgIpc) is 2.72. The van der Waals surface area contributed by atoms with Crippen LogP contribution in [0.2, 0.25) is 0 Å². The minimum absolute atomic E-state index is 0.915. The van der Waals surface area contributed by atoms with Gasteiger partial charge in [0.25, 0.3) is 0 Å². The molecule has 1 aliphatic carbocycles. The molecule has 0 N–H and O–H groups in total. The molecule has 1 aromatic heterocycles. The van der Waals surface area contributed by atoms with Gasteiger partial charge in [-0.2, -0.15) is 0 Å². The molecule has 1 heteroatoms. The minimum atomic E-state index is 0.915. The highest BCUT2D eigenvalue weighted by atomic mass is 32.1. The van der Waals surface area contributed by atoms with Crippen molar-refractivity contribution in [2.24, 2.45) is 5.92 Å². The summed E-state index contributed by atoms with van der Waals surface area (Å²) in [6.07, 6.45) is 8.38. The molecule has 0 saturated heterocycles. The van der Waals surface area contributed by atoms with Crippen molar-refractivity contribution in [2.45, 2.75) is 38.5 Å². The first-order valence-corrected chi connectivity index (χ1v) is 6.46. The smallest absolute Gasteiger partial charge is 0.0296 e. The maximum absolute atomic E-state index is 4.20. The van der Waals surface area contributed by atoms with Gasteiger partial charge in [0.05, 0.1) is 0 Å². The Kier molecular flexibility index (Phi) is 3.41. The second-order valence-electron chi connectivity index (χ2n) is 4.29. The summed E-state index contributed by atoms with van der Waals surface area (Å²) < 4.78 is 0. The van der Waals surface area contributed by atoms with Crippen LogP contribution in [0.5, 0.6) is 0 Å². The molecule has 1 heterocycles. The van der Waals surface area contributed by atoms with Crippen molar-refractivity contribution < 1.29 is 0 Å². The molecule has 0 atom stereocenters. The van der Waals surface area contributed by atoms with Gasteiger partial charge in [-0.15, -0.1) is 11.3 Å². The number of hydrogen-bond donors (Lipinski definition) is 0. The van der Waals surface area contributed by atoms with E-state index in [0.717, 1.165) is 5.92 Å². The Morgan fingerprint density at radius 1 is 1.36 bits per heavy atom. The minimum Gasteiger partial charge on any atom is -0.144 e. The van der Waals surface area contributed by atoms with Gasteiger partial charge in [-0.3, -0.25) is 0 Å². The maximum atomic E-state index is 4.20. The number of thiophene rings is 1. The van der Waals surface area contributed by atoms with Gasteiger partial charge in [0.1, 0.15) is 0 Å². The molecule has 0 radical (unpaired) electrons. The van der Waals surface area contributed by atoms with Crippen LogP contribution in [0.3, 0.4) is 0 Å². The van der Waals surface area contributed by atoms with E-state index in [0.29, 0.717) is 0 Å². The summed E-state index contributed by atoms with van der Waals surface area (Å²) in [5, 5.41) is 2.14. The van der Waals surface area contributed by atoms with Crippen molar-refractivity contribution in [3.05, 3.63) is 29.0 Å². The molecular formula is C13H18S. The first kappa shape index (κ1) is 9.97. The second kappa shape index (κ2) is 4.79. The summed E-state index contributed by atoms with van der Waals surface area (Å²) in [7, 11) is 0. The predicted molar refractivity (Wildman–Crippen MR) is 64.5 cm³/mol. The quantitative estimate of drug-likeness (QED) is 0.670. The van der Waals surface area contributed by atoms with E-state index in [2.05, 4.69) is 24.1 Å². The Bertz CT molecular complexity index is 278. The molecule has 76 valence electrons. The normalized spacial score (nSPS) is 18.3. The van der Waals surface area contributed by atoms with Crippen LogP contribution in [0.25, 0.3) is 5.57 Å². The Hall–Kier alpha value is -0.560. The molecule has 1 fully saturated rings. The fourth-order valence-corrected chi connectivity index (χ4v) is 3.03. The van der Waals surface area contributed by atoms with E-state index < -0.39 is 0 Å². The summed E-state index contributed by atoms with van der Waals surface area (Å²) in [6.45, 7) is 4.20. The molecule has 0 aliphatic heterocycles. The predicted octanol–water partition coefficient (Wildman–Crippen LogP) is 4.73. The Labute approximate surface area is 90.7 Å². The summed E-state index contributed by atoms with van der Waals surface area (Å²) >= 11 is 1.82. The first-order valence-electron chi connectivity index (χ1n) is 5.58. The van der Waals surface area contributed by atoms with Crippen LogP contribution >= 0.6 is 11.3 Å². The van der Waals surface area contributed by atoms with Crippen LogP contribution in [0, 0.1) is 5.92 Å². The Morgan fingerprint density at radius 3 is 2.79 bits per heavy atom. The lowest BCUT2D eigenvalue weighted by atomic mass is 9.85. The van der Waals surface area contributed by atoms with Gasteiger partial charge >= 0.3 is 0 Å². The SMILES string of the molecule is C=C(CC1CCCCC1)c1cccs1. The van der Waals surface area contributed by atoms with Crippen LogP contribution < -0.4 is 0 Å². The third-order valence-electron chi connectivity index (χ3n) is 3.13. The van der Waals surface area contributed by atoms with Crippen molar-refractivity contribution >= 4 is 16.9 Å². The summed E-state index contributed by atoms with van der Waals surface area (Å²) in [6, 6.07) is 4.31. The zero-order valence-electron chi connectivity index (χ0n) is 8.67. The van der Waals surface area contributed by atoms with Gasteiger partial charge in [0.2, 0.25) is 0 Å². The van der Waals surface area contributed by atoms with Crippen molar-refractivity contribution in [1.29, 1.82) is 0 Å². The van der Waals surface area contributed by atoms with Crippen LogP contribution in [0.1, 0.15) is 43.4 Å². The Balaban J connectivity index is 1.87. The summed E-state index contributed by atoms with van der Waals surface area (Å²) in [5.41, 5.74) is 1.35. The van der Waals surface area contributed by atoms with Crippen LogP contribution in [0.15, 0.2) is 24.1 Å². The molecule has 1 aromatic rings. The molecule has 2 rings (SSSR count). The van der Waals surface area contributed by atoms with E-state index in [-0.39, 0.29) is 0 Å². The van der Waals surface area contributed by atoms with Crippen LogP contribution in [-0.4, -0.2) is 0 Å². The molecule has 0 spiro atoms. The van der Waals surface area contributed by atoms with E-state index in [9.17, 15) is 0 Å². The van der Waals surface area contributed by atoms with Crippen molar-refractivity contribution in [2.75, 3.05) is 0 Å². The number of allylic oxidation sites excluding steroid dienone is 1. The van der Waals surface area contributed by atoms with Crippen LogP contribution in [-0.2, 0) is 0 Å². The Morgan fingerprint density at radius 2 is 2.14 bits per heavy atom. The van der Waals surface area contributed by atoms with Crippen molar-refractivity contribution in [3.63, 3.8) is 0 Å². The molecule has 14 heavy (non-hydrogen) atoms. The number of rotatable bonds is 3. The van der Waals surface area contributed by atoms with E-state index >= 15 is 0 Å².